The molecule has 0 saturated carbocycles. The molecule has 3 aromatic carbocycles. The fraction of sp³-hybridized carbons (Fsp3) is 0.231. The molecule has 1 fully saturated rings. The van der Waals surface area contributed by atoms with E-state index in [2.05, 4.69) is 27.7 Å². The highest BCUT2D eigenvalue weighted by Gasteiger charge is 2.21. The lowest BCUT2D eigenvalue weighted by molar-refractivity contribution is -0.129. The van der Waals surface area contributed by atoms with Crippen LogP contribution in [0.25, 0.3) is 0 Å². The molecule has 2 amide bonds. The average Bonchev–Trinajstić information content (AvgIpc) is 2.87. The molecule has 0 bridgehead atoms. The van der Waals surface area contributed by atoms with Gasteiger partial charge in [-0.05, 0) is 29.8 Å². The minimum Gasteiger partial charge on any atom is -0.376 e. The molecule has 4 rings (SSSR count). The van der Waals surface area contributed by atoms with Gasteiger partial charge < -0.3 is 20.4 Å². The van der Waals surface area contributed by atoms with Gasteiger partial charge in [-0.3, -0.25) is 9.59 Å². The van der Waals surface area contributed by atoms with E-state index in [1.165, 1.54) is 5.69 Å². The Hall–Kier alpha value is -3.80. The van der Waals surface area contributed by atoms with Gasteiger partial charge in [-0.25, -0.2) is 0 Å². The number of piperazine rings is 1. The van der Waals surface area contributed by atoms with Crippen molar-refractivity contribution in [2.24, 2.45) is 0 Å². The molecular weight excluding hydrogens is 400 g/mol. The fourth-order valence-corrected chi connectivity index (χ4v) is 3.84. The summed E-state index contributed by atoms with van der Waals surface area (Å²) in [7, 11) is 0. The maximum atomic E-state index is 12.8. The lowest BCUT2D eigenvalue weighted by atomic mass is 10.1. The van der Waals surface area contributed by atoms with Crippen LogP contribution in [-0.4, -0.2) is 49.4 Å². The Morgan fingerprint density at radius 1 is 0.750 bits per heavy atom. The van der Waals surface area contributed by atoms with Gasteiger partial charge in [0.2, 0.25) is 5.91 Å². The number of nitrogens with zero attached hydrogens (tertiary/aromatic N) is 2. The number of carbonyl (C=O) groups excluding carboxylic acids is 2. The predicted molar refractivity (Wildman–Crippen MR) is 128 cm³/mol. The predicted octanol–water partition coefficient (Wildman–Crippen LogP) is 3.38. The Labute approximate surface area is 188 Å². The molecule has 0 spiro atoms. The van der Waals surface area contributed by atoms with Gasteiger partial charge in [0.1, 0.15) is 0 Å². The summed E-state index contributed by atoms with van der Waals surface area (Å²) in [6.45, 7) is 3.62. The van der Waals surface area contributed by atoms with E-state index >= 15 is 0 Å². The number of hydrogen-bond acceptors (Lipinski definition) is 4. The minimum atomic E-state index is -0.166. The summed E-state index contributed by atoms with van der Waals surface area (Å²) in [5.41, 5.74) is 3.42. The third-order valence-electron chi connectivity index (χ3n) is 5.65. The number of carbonyl (C=O) groups is 2. The zero-order chi connectivity index (χ0) is 22.2. The Bertz CT molecular complexity index is 1030. The summed E-state index contributed by atoms with van der Waals surface area (Å²) in [6.07, 6.45) is 0. The topological polar surface area (TPSA) is 64.7 Å². The highest BCUT2D eigenvalue weighted by Crippen LogP contribution is 2.17. The van der Waals surface area contributed by atoms with Crippen LogP contribution in [-0.2, 0) is 11.3 Å². The number of amides is 2. The molecule has 0 unspecified atom stereocenters. The second-order valence-electron chi connectivity index (χ2n) is 7.77. The molecule has 1 aliphatic rings. The molecule has 1 heterocycles. The van der Waals surface area contributed by atoms with Crippen molar-refractivity contribution in [3.63, 3.8) is 0 Å². The molecule has 1 aliphatic heterocycles. The lowest BCUT2D eigenvalue weighted by Crippen LogP contribution is -2.50. The third-order valence-corrected chi connectivity index (χ3v) is 5.65. The van der Waals surface area contributed by atoms with Crippen LogP contribution >= 0.6 is 0 Å². The summed E-state index contributed by atoms with van der Waals surface area (Å²) in [5.74, 6) is -0.127. The monoisotopic (exact) mass is 428 g/mol. The summed E-state index contributed by atoms with van der Waals surface area (Å²) >= 11 is 0. The fourth-order valence-electron chi connectivity index (χ4n) is 3.84. The molecule has 32 heavy (non-hydrogen) atoms. The van der Waals surface area contributed by atoms with Gasteiger partial charge in [-0.1, -0.05) is 60.7 Å². The summed E-state index contributed by atoms with van der Waals surface area (Å²) in [6, 6.07) is 27.3. The molecule has 0 radical (unpaired) electrons. The zero-order valence-electron chi connectivity index (χ0n) is 18.0. The zero-order valence-corrected chi connectivity index (χ0v) is 18.0. The van der Waals surface area contributed by atoms with Gasteiger partial charge >= 0.3 is 0 Å². The lowest BCUT2D eigenvalue weighted by Gasteiger charge is -2.36. The van der Waals surface area contributed by atoms with Crippen LogP contribution in [0.3, 0.4) is 0 Å². The summed E-state index contributed by atoms with van der Waals surface area (Å²) in [5, 5.41) is 6.11. The molecule has 0 aromatic heterocycles. The molecule has 164 valence electrons. The van der Waals surface area contributed by atoms with Crippen LogP contribution in [0.4, 0.5) is 11.4 Å². The summed E-state index contributed by atoms with van der Waals surface area (Å²) < 4.78 is 0. The number of benzene rings is 3. The van der Waals surface area contributed by atoms with E-state index < -0.39 is 0 Å². The quantitative estimate of drug-likeness (QED) is 0.606. The van der Waals surface area contributed by atoms with E-state index in [1.54, 1.807) is 6.07 Å². The summed E-state index contributed by atoms with van der Waals surface area (Å²) in [4.78, 5) is 29.6. The maximum Gasteiger partial charge on any atom is 0.253 e. The normalized spacial score (nSPS) is 13.5. The Morgan fingerprint density at radius 2 is 1.38 bits per heavy atom. The SMILES string of the molecule is O=C(NCc1ccccc1)c1ccccc1NCC(=O)N1CCN(c2ccccc2)CC1. The molecular formula is C26H28N4O2. The van der Waals surface area contributed by atoms with Gasteiger partial charge in [0.25, 0.3) is 5.91 Å². The van der Waals surface area contributed by atoms with Gasteiger partial charge in [0.15, 0.2) is 0 Å². The second-order valence-corrected chi connectivity index (χ2v) is 7.77. The van der Waals surface area contributed by atoms with Crippen molar-refractivity contribution in [2.45, 2.75) is 6.54 Å². The highest BCUT2D eigenvalue weighted by molar-refractivity contribution is 6.00. The van der Waals surface area contributed by atoms with Crippen LogP contribution in [0.2, 0.25) is 0 Å². The van der Waals surface area contributed by atoms with Crippen LogP contribution in [0.1, 0.15) is 15.9 Å². The molecule has 1 saturated heterocycles. The van der Waals surface area contributed by atoms with E-state index in [0.717, 1.165) is 18.7 Å². The van der Waals surface area contributed by atoms with Gasteiger partial charge in [0, 0.05) is 44.1 Å². The Kier molecular flexibility index (Phi) is 7.02. The van der Waals surface area contributed by atoms with E-state index in [-0.39, 0.29) is 18.4 Å². The van der Waals surface area contributed by atoms with E-state index in [9.17, 15) is 9.59 Å². The van der Waals surface area contributed by atoms with Crippen LogP contribution < -0.4 is 15.5 Å². The van der Waals surface area contributed by atoms with Crippen molar-refractivity contribution >= 4 is 23.2 Å². The molecule has 3 aromatic rings. The minimum absolute atomic E-state index is 0.0391. The number of rotatable bonds is 7. The van der Waals surface area contributed by atoms with Crippen molar-refractivity contribution in [1.29, 1.82) is 0 Å². The number of para-hydroxylation sites is 2. The van der Waals surface area contributed by atoms with Crippen molar-refractivity contribution in [3.8, 4) is 0 Å². The van der Waals surface area contributed by atoms with Gasteiger partial charge in [-0.15, -0.1) is 0 Å². The Balaban J connectivity index is 1.29. The third kappa shape index (κ3) is 5.46. The molecule has 2 N–H and O–H groups in total. The van der Waals surface area contributed by atoms with E-state index in [4.69, 9.17) is 0 Å². The molecule has 0 aliphatic carbocycles. The number of anilines is 2. The van der Waals surface area contributed by atoms with E-state index in [0.29, 0.717) is 30.9 Å². The largest absolute Gasteiger partial charge is 0.376 e. The first-order valence-electron chi connectivity index (χ1n) is 10.9. The highest BCUT2D eigenvalue weighted by atomic mass is 16.2. The molecule has 6 nitrogen and oxygen atoms in total. The number of hydrogen-bond donors (Lipinski definition) is 2. The first-order valence-corrected chi connectivity index (χ1v) is 10.9. The average molecular weight is 429 g/mol. The number of nitrogens with one attached hydrogen (secondary N) is 2. The van der Waals surface area contributed by atoms with Crippen molar-refractivity contribution in [1.82, 2.24) is 10.2 Å². The van der Waals surface area contributed by atoms with Crippen LogP contribution in [0, 0.1) is 0 Å². The smallest absolute Gasteiger partial charge is 0.253 e. The molecule has 0 atom stereocenters. The Morgan fingerprint density at radius 3 is 2.09 bits per heavy atom. The molecule has 6 heteroatoms. The van der Waals surface area contributed by atoms with Crippen molar-refractivity contribution in [2.75, 3.05) is 42.9 Å². The van der Waals surface area contributed by atoms with Gasteiger partial charge in [-0.2, -0.15) is 0 Å². The first kappa shape index (κ1) is 21.4. The first-order chi connectivity index (χ1) is 15.7. The van der Waals surface area contributed by atoms with E-state index in [1.807, 2.05) is 71.6 Å². The van der Waals surface area contributed by atoms with Crippen LogP contribution in [0.15, 0.2) is 84.9 Å². The van der Waals surface area contributed by atoms with Crippen molar-refractivity contribution < 1.29 is 9.59 Å². The van der Waals surface area contributed by atoms with Crippen LogP contribution in [0.5, 0.6) is 0 Å². The second kappa shape index (κ2) is 10.5. The van der Waals surface area contributed by atoms with Gasteiger partial charge in [0.05, 0.1) is 12.1 Å². The maximum absolute atomic E-state index is 12.8. The van der Waals surface area contributed by atoms with Crippen molar-refractivity contribution in [3.05, 3.63) is 96.1 Å². The standard InChI is InChI=1S/C26H28N4O2/c31-25(30-17-15-29(16-18-30)22-11-5-2-6-12-22)20-27-24-14-8-7-13-23(24)26(32)28-19-21-9-3-1-4-10-21/h1-14,27H,15-20H2,(H,28,32).